The van der Waals surface area contributed by atoms with E-state index in [1.807, 2.05) is 32.0 Å². The lowest BCUT2D eigenvalue weighted by Crippen LogP contribution is -2.47. The van der Waals surface area contributed by atoms with Crippen LogP contribution in [-0.4, -0.2) is 31.6 Å². The van der Waals surface area contributed by atoms with Crippen LogP contribution >= 0.6 is 0 Å². The van der Waals surface area contributed by atoms with E-state index in [-0.39, 0.29) is 11.8 Å². The average Bonchev–Trinajstić information content (AvgIpc) is 2.61. The summed E-state index contributed by atoms with van der Waals surface area (Å²) < 4.78 is 11.1. The smallest absolute Gasteiger partial charge is 0.240 e. The molecule has 6 heteroatoms. The lowest BCUT2D eigenvalue weighted by atomic mass is 10.0. The van der Waals surface area contributed by atoms with Gasteiger partial charge in [-0.15, -0.1) is 0 Å². The summed E-state index contributed by atoms with van der Waals surface area (Å²) in [6, 6.07) is 5.35. The molecule has 1 unspecified atom stereocenters. The number of carbonyl (C=O) groups is 2. The highest BCUT2D eigenvalue weighted by Gasteiger charge is 2.21. The number of hydrogen-bond acceptors (Lipinski definition) is 4. The second-order valence-electron chi connectivity index (χ2n) is 6.69. The van der Waals surface area contributed by atoms with Gasteiger partial charge in [-0.2, -0.15) is 0 Å². The first kappa shape index (κ1) is 21.8. The number of nitrogens with two attached hydrogens (primary N) is 1. The molecule has 1 aromatic carbocycles. The SMILES string of the molecule is CCc1ccc(OCCCCCC(=O)NC(C(N)=O)C(C)C)c(OC)c1. The summed E-state index contributed by atoms with van der Waals surface area (Å²) in [5, 5.41) is 2.70. The summed E-state index contributed by atoms with van der Waals surface area (Å²) in [6.45, 7) is 6.38. The van der Waals surface area contributed by atoms with Crippen molar-refractivity contribution < 1.29 is 19.1 Å². The highest BCUT2D eigenvalue weighted by Crippen LogP contribution is 2.28. The fourth-order valence-electron chi connectivity index (χ4n) is 2.61. The van der Waals surface area contributed by atoms with E-state index in [1.165, 1.54) is 5.56 Å². The van der Waals surface area contributed by atoms with Crippen LogP contribution in [0.25, 0.3) is 0 Å². The van der Waals surface area contributed by atoms with Gasteiger partial charge in [-0.25, -0.2) is 0 Å². The largest absolute Gasteiger partial charge is 0.493 e. The Kier molecular flexibility index (Phi) is 9.55. The van der Waals surface area contributed by atoms with E-state index in [4.69, 9.17) is 15.2 Å². The zero-order valence-electron chi connectivity index (χ0n) is 16.3. The first-order valence-corrected chi connectivity index (χ1v) is 9.27. The fourth-order valence-corrected chi connectivity index (χ4v) is 2.61. The van der Waals surface area contributed by atoms with Crippen molar-refractivity contribution in [3.8, 4) is 11.5 Å². The topological polar surface area (TPSA) is 90.6 Å². The van der Waals surface area contributed by atoms with E-state index < -0.39 is 11.9 Å². The molecule has 0 radical (unpaired) electrons. The second kappa shape index (κ2) is 11.4. The number of ether oxygens (including phenoxy) is 2. The lowest BCUT2D eigenvalue weighted by molar-refractivity contribution is -0.128. The Labute approximate surface area is 156 Å². The zero-order valence-corrected chi connectivity index (χ0v) is 16.3. The third-order valence-corrected chi connectivity index (χ3v) is 4.23. The number of amides is 2. The number of hydrogen-bond donors (Lipinski definition) is 2. The van der Waals surface area contributed by atoms with Gasteiger partial charge in [-0.05, 0) is 49.3 Å². The molecule has 0 fully saturated rings. The number of primary amides is 1. The van der Waals surface area contributed by atoms with Crippen molar-refractivity contribution in [2.45, 2.75) is 58.9 Å². The Morgan fingerprint density at radius 2 is 1.88 bits per heavy atom. The Bertz CT molecular complexity index is 587. The Balaban J connectivity index is 2.27. The van der Waals surface area contributed by atoms with Crippen LogP contribution in [0.2, 0.25) is 0 Å². The van der Waals surface area contributed by atoms with Crippen LogP contribution in [0.5, 0.6) is 11.5 Å². The van der Waals surface area contributed by atoms with Crippen molar-refractivity contribution in [1.82, 2.24) is 5.32 Å². The first-order valence-electron chi connectivity index (χ1n) is 9.27. The summed E-state index contributed by atoms with van der Waals surface area (Å²) in [4.78, 5) is 23.2. The predicted molar refractivity (Wildman–Crippen MR) is 102 cm³/mol. The minimum atomic E-state index is -0.607. The number of rotatable bonds is 12. The normalized spacial score (nSPS) is 11.9. The molecule has 0 aliphatic carbocycles. The third-order valence-electron chi connectivity index (χ3n) is 4.23. The highest BCUT2D eigenvalue weighted by atomic mass is 16.5. The molecule has 0 bridgehead atoms. The predicted octanol–water partition coefficient (Wildman–Crippen LogP) is 2.82. The molecule has 26 heavy (non-hydrogen) atoms. The van der Waals surface area contributed by atoms with Crippen molar-refractivity contribution in [1.29, 1.82) is 0 Å². The van der Waals surface area contributed by atoms with Crippen LogP contribution in [0.15, 0.2) is 18.2 Å². The maximum Gasteiger partial charge on any atom is 0.240 e. The average molecular weight is 364 g/mol. The van der Waals surface area contributed by atoms with E-state index >= 15 is 0 Å². The molecule has 1 atom stereocenters. The summed E-state index contributed by atoms with van der Waals surface area (Å²) in [5.41, 5.74) is 6.50. The number of aryl methyl sites for hydroxylation is 1. The van der Waals surface area contributed by atoms with E-state index in [1.54, 1.807) is 7.11 Å². The number of benzene rings is 1. The molecule has 3 N–H and O–H groups in total. The van der Waals surface area contributed by atoms with Gasteiger partial charge >= 0.3 is 0 Å². The van der Waals surface area contributed by atoms with Gasteiger partial charge in [0.15, 0.2) is 11.5 Å². The summed E-state index contributed by atoms with van der Waals surface area (Å²) in [7, 11) is 1.64. The van der Waals surface area contributed by atoms with Crippen molar-refractivity contribution >= 4 is 11.8 Å². The molecule has 0 saturated carbocycles. The summed E-state index contributed by atoms with van der Waals surface area (Å²) >= 11 is 0. The van der Waals surface area contributed by atoms with Crippen molar-refractivity contribution in [2.75, 3.05) is 13.7 Å². The number of carbonyl (C=O) groups excluding carboxylic acids is 2. The lowest BCUT2D eigenvalue weighted by Gasteiger charge is -2.18. The molecular weight excluding hydrogens is 332 g/mol. The van der Waals surface area contributed by atoms with Crippen LogP contribution in [0, 0.1) is 5.92 Å². The monoisotopic (exact) mass is 364 g/mol. The number of nitrogens with one attached hydrogen (secondary N) is 1. The van der Waals surface area contributed by atoms with Gasteiger partial charge in [-0.1, -0.05) is 26.8 Å². The van der Waals surface area contributed by atoms with E-state index in [0.29, 0.717) is 13.0 Å². The maximum absolute atomic E-state index is 11.9. The van der Waals surface area contributed by atoms with Crippen molar-refractivity contribution in [3.05, 3.63) is 23.8 Å². The highest BCUT2D eigenvalue weighted by molar-refractivity contribution is 5.86. The van der Waals surface area contributed by atoms with Gasteiger partial charge in [0.25, 0.3) is 0 Å². The van der Waals surface area contributed by atoms with Crippen molar-refractivity contribution in [2.24, 2.45) is 11.7 Å². The minimum Gasteiger partial charge on any atom is -0.493 e. The molecule has 6 nitrogen and oxygen atoms in total. The molecule has 1 aromatic rings. The second-order valence-corrected chi connectivity index (χ2v) is 6.69. The van der Waals surface area contributed by atoms with Gasteiger partial charge in [0.05, 0.1) is 13.7 Å². The molecule has 0 saturated heterocycles. The summed E-state index contributed by atoms with van der Waals surface area (Å²) in [5.74, 6) is 0.836. The van der Waals surface area contributed by atoms with Crippen LogP contribution in [-0.2, 0) is 16.0 Å². The molecule has 0 heterocycles. The van der Waals surface area contributed by atoms with Crippen LogP contribution in [0.3, 0.4) is 0 Å². The van der Waals surface area contributed by atoms with Gasteiger partial charge in [-0.3, -0.25) is 9.59 Å². The fraction of sp³-hybridized carbons (Fsp3) is 0.600. The quantitative estimate of drug-likeness (QED) is 0.558. The molecule has 0 aliphatic heterocycles. The standard InChI is InChI=1S/C20H32N2O4/c1-5-15-10-11-16(17(13-15)25-4)26-12-8-6-7-9-18(23)22-19(14(2)3)20(21)24/h10-11,13-14,19H,5-9,12H2,1-4H3,(H2,21,24)(H,22,23). The van der Waals surface area contributed by atoms with Gasteiger partial charge < -0.3 is 20.5 Å². The van der Waals surface area contributed by atoms with Crippen LogP contribution in [0.4, 0.5) is 0 Å². The first-order chi connectivity index (χ1) is 12.4. The molecule has 0 aromatic heterocycles. The van der Waals surface area contributed by atoms with Crippen molar-refractivity contribution in [3.63, 3.8) is 0 Å². The van der Waals surface area contributed by atoms with Gasteiger partial charge in [0, 0.05) is 6.42 Å². The Morgan fingerprint density at radius 3 is 2.46 bits per heavy atom. The molecular formula is C20H32N2O4. The number of unbranched alkanes of at least 4 members (excludes halogenated alkanes) is 2. The zero-order chi connectivity index (χ0) is 19.5. The van der Waals surface area contributed by atoms with E-state index in [0.717, 1.165) is 37.2 Å². The Morgan fingerprint density at radius 1 is 1.15 bits per heavy atom. The molecule has 0 spiro atoms. The molecule has 2 amide bonds. The molecule has 1 rings (SSSR count). The maximum atomic E-state index is 11.9. The van der Waals surface area contributed by atoms with E-state index in [9.17, 15) is 9.59 Å². The van der Waals surface area contributed by atoms with Crippen LogP contribution in [0.1, 0.15) is 52.0 Å². The minimum absolute atomic E-state index is 0.0149. The molecule has 0 aliphatic rings. The van der Waals surface area contributed by atoms with E-state index in [2.05, 4.69) is 12.2 Å². The van der Waals surface area contributed by atoms with Crippen LogP contribution < -0.4 is 20.5 Å². The molecule has 146 valence electrons. The Hall–Kier alpha value is -2.24. The number of methoxy groups -OCH3 is 1. The van der Waals surface area contributed by atoms with Gasteiger partial charge in [0.1, 0.15) is 6.04 Å². The third kappa shape index (κ3) is 7.33. The van der Waals surface area contributed by atoms with Gasteiger partial charge in [0.2, 0.25) is 11.8 Å². The summed E-state index contributed by atoms with van der Waals surface area (Å²) in [6.07, 6.45) is 3.78.